The van der Waals surface area contributed by atoms with E-state index in [-0.39, 0.29) is 0 Å². The number of benzene rings is 2. The maximum atomic E-state index is 8.65. The van der Waals surface area contributed by atoms with Gasteiger partial charge in [-0.3, -0.25) is 0 Å². The van der Waals surface area contributed by atoms with E-state index in [1.807, 2.05) is 61.6 Å². The fourth-order valence-electron chi connectivity index (χ4n) is 1.76. The third-order valence-electron chi connectivity index (χ3n) is 2.64. The molecule has 3 nitrogen and oxygen atoms in total. The van der Waals surface area contributed by atoms with Crippen LogP contribution >= 0.6 is 0 Å². The van der Waals surface area contributed by atoms with Gasteiger partial charge in [0.1, 0.15) is 0 Å². The summed E-state index contributed by atoms with van der Waals surface area (Å²) in [6.07, 6.45) is 1.44. The second-order valence-electron chi connectivity index (χ2n) is 3.70. The maximum Gasteiger partial charge on any atom is 0.0754 e. The molecule has 0 spiro atoms. The Morgan fingerprint density at radius 2 is 1.65 bits per heavy atom. The van der Waals surface area contributed by atoms with Crippen LogP contribution in [0.1, 0.15) is 5.56 Å². The number of oxime groups is 1. The molecule has 2 aromatic rings. The van der Waals surface area contributed by atoms with Crippen molar-refractivity contribution in [2.45, 2.75) is 0 Å². The Hall–Kier alpha value is -2.29. The van der Waals surface area contributed by atoms with E-state index in [0.717, 1.165) is 16.9 Å². The highest BCUT2D eigenvalue weighted by Gasteiger charge is 2.06. The smallest absolute Gasteiger partial charge is 0.0754 e. The van der Waals surface area contributed by atoms with E-state index in [0.29, 0.717) is 0 Å². The van der Waals surface area contributed by atoms with Crippen molar-refractivity contribution in [1.29, 1.82) is 0 Å². The zero-order valence-electron chi connectivity index (χ0n) is 9.62. The molecule has 0 atom stereocenters. The third-order valence-corrected chi connectivity index (χ3v) is 2.64. The van der Waals surface area contributed by atoms with Crippen molar-refractivity contribution in [2.24, 2.45) is 5.16 Å². The Morgan fingerprint density at radius 1 is 1.00 bits per heavy atom. The Balaban J connectivity index is 2.40. The number of anilines is 2. The van der Waals surface area contributed by atoms with Gasteiger partial charge >= 0.3 is 0 Å². The van der Waals surface area contributed by atoms with Crippen LogP contribution in [0, 0.1) is 0 Å². The summed E-state index contributed by atoms with van der Waals surface area (Å²) in [5.74, 6) is 0. The molecule has 0 heterocycles. The van der Waals surface area contributed by atoms with Gasteiger partial charge in [0.25, 0.3) is 0 Å². The summed E-state index contributed by atoms with van der Waals surface area (Å²) in [7, 11) is 1.99. The molecular weight excluding hydrogens is 212 g/mol. The van der Waals surface area contributed by atoms with Crippen molar-refractivity contribution in [3.05, 3.63) is 60.2 Å². The van der Waals surface area contributed by atoms with Gasteiger partial charge in [-0.25, -0.2) is 0 Å². The molecule has 0 amide bonds. The van der Waals surface area contributed by atoms with E-state index in [1.54, 1.807) is 0 Å². The Kier molecular flexibility index (Phi) is 3.40. The second-order valence-corrected chi connectivity index (χ2v) is 3.70. The number of nitrogens with zero attached hydrogens (tertiary/aromatic N) is 2. The summed E-state index contributed by atoms with van der Waals surface area (Å²) in [6, 6.07) is 17.8. The van der Waals surface area contributed by atoms with Crippen LogP contribution in [0.5, 0.6) is 0 Å². The minimum Gasteiger partial charge on any atom is -0.411 e. The summed E-state index contributed by atoms with van der Waals surface area (Å²) in [5.41, 5.74) is 2.96. The number of hydrogen-bond acceptors (Lipinski definition) is 3. The second kappa shape index (κ2) is 5.16. The van der Waals surface area contributed by atoms with Gasteiger partial charge in [-0.1, -0.05) is 41.6 Å². The zero-order chi connectivity index (χ0) is 12.1. The minimum atomic E-state index is 0.876. The molecule has 0 aromatic heterocycles. The largest absolute Gasteiger partial charge is 0.411 e. The first-order chi connectivity index (χ1) is 8.33. The van der Waals surface area contributed by atoms with Crippen molar-refractivity contribution in [1.82, 2.24) is 0 Å². The SMILES string of the molecule is CN(c1ccccc1)c1ccccc1C=NO. The highest BCUT2D eigenvalue weighted by Crippen LogP contribution is 2.25. The monoisotopic (exact) mass is 226 g/mol. The van der Waals surface area contributed by atoms with Crippen molar-refractivity contribution >= 4 is 17.6 Å². The third kappa shape index (κ3) is 2.45. The van der Waals surface area contributed by atoms with E-state index < -0.39 is 0 Å². The molecule has 86 valence electrons. The highest BCUT2D eigenvalue weighted by molar-refractivity contribution is 5.89. The van der Waals surface area contributed by atoms with Gasteiger partial charge in [0.2, 0.25) is 0 Å². The normalized spacial score (nSPS) is 10.6. The molecule has 0 unspecified atom stereocenters. The lowest BCUT2D eigenvalue weighted by Gasteiger charge is -2.21. The molecule has 3 heteroatoms. The van der Waals surface area contributed by atoms with Crippen molar-refractivity contribution < 1.29 is 5.21 Å². The molecule has 0 fully saturated rings. The lowest BCUT2D eigenvalue weighted by atomic mass is 10.1. The Labute approximate surface area is 101 Å². The molecular formula is C14H14N2O. The molecule has 2 aromatic carbocycles. The Morgan fingerprint density at radius 3 is 2.35 bits per heavy atom. The standard InChI is InChI=1S/C14H14N2O/c1-16(13-8-3-2-4-9-13)14-10-6-5-7-12(14)11-15-17/h2-11,17H,1H3. The molecule has 0 saturated heterocycles. The van der Waals surface area contributed by atoms with E-state index in [9.17, 15) is 0 Å². The van der Waals surface area contributed by atoms with E-state index in [2.05, 4.69) is 10.1 Å². The summed E-state index contributed by atoms with van der Waals surface area (Å²) in [6.45, 7) is 0. The zero-order valence-corrected chi connectivity index (χ0v) is 9.62. The van der Waals surface area contributed by atoms with Gasteiger partial charge in [0.15, 0.2) is 0 Å². The summed E-state index contributed by atoms with van der Waals surface area (Å²) >= 11 is 0. The average Bonchev–Trinajstić information content (AvgIpc) is 2.40. The van der Waals surface area contributed by atoms with Crippen LogP contribution in [0.4, 0.5) is 11.4 Å². The van der Waals surface area contributed by atoms with Crippen molar-refractivity contribution in [2.75, 3.05) is 11.9 Å². The van der Waals surface area contributed by atoms with Gasteiger partial charge in [-0.15, -0.1) is 0 Å². The fraction of sp³-hybridized carbons (Fsp3) is 0.0714. The van der Waals surface area contributed by atoms with E-state index in [4.69, 9.17) is 5.21 Å². The molecule has 0 saturated carbocycles. The fourth-order valence-corrected chi connectivity index (χ4v) is 1.76. The molecule has 0 aliphatic carbocycles. The predicted octanol–water partition coefficient (Wildman–Crippen LogP) is 3.26. The van der Waals surface area contributed by atoms with Gasteiger partial charge in [-0.05, 0) is 18.2 Å². The molecule has 0 bridgehead atoms. The Bertz CT molecular complexity index is 509. The molecule has 1 N–H and O–H groups in total. The lowest BCUT2D eigenvalue weighted by Crippen LogP contribution is -2.11. The van der Waals surface area contributed by atoms with Crippen LogP contribution in [0.25, 0.3) is 0 Å². The molecule has 0 radical (unpaired) electrons. The van der Waals surface area contributed by atoms with Gasteiger partial charge in [-0.2, -0.15) is 0 Å². The summed E-state index contributed by atoms with van der Waals surface area (Å²) < 4.78 is 0. The van der Waals surface area contributed by atoms with Crippen LogP contribution in [0.3, 0.4) is 0 Å². The maximum absolute atomic E-state index is 8.65. The average molecular weight is 226 g/mol. The predicted molar refractivity (Wildman–Crippen MR) is 70.3 cm³/mol. The van der Waals surface area contributed by atoms with E-state index >= 15 is 0 Å². The van der Waals surface area contributed by atoms with Crippen LogP contribution in [-0.4, -0.2) is 18.5 Å². The van der Waals surface area contributed by atoms with Crippen molar-refractivity contribution in [3.8, 4) is 0 Å². The van der Waals surface area contributed by atoms with Crippen LogP contribution < -0.4 is 4.90 Å². The lowest BCUT2D eigenvalue weighted by molar-refractivity contribution is 0.322. The van der Waals surface area contributed by atoms with Crippen molar-refractivity contribution in [3.63, 3.8) is 0 Å². The topological polar surface area (TPSA) is 35.8 Å². The quantitative estimate of drug-likeness (QED) is 0.495. The van der Waals surface area contributed by atoms with Crippen LogP contribution in [0.15, 0.2) is 59.8 Å². The first kappa shape index (κ1) is 11.2. The summed E-state index contributed by atoms with van der Waals surface area (Å²) in [4.78, 5) is 2.05. The molecule has 0 aliphatic rings. The molecule has 2 rings (SSSR count). The van der Waals surface area contributed by atoms with Gasteiger partial charge in [0.05, 0.1) is 6.21 Å². The van der Waals surface area contributed by atoms with Crippen LogP contribution in [-0.2, 0) is 0 Å². The molecule has 0 aliphatic heterocycles. The van der Waals surface area contributed by atoms with Gasteiger partial charge in [0, 0.05) is 24.0 Å². The number of para-hydroxylation sites is 2. The molecule has 17 heavy (non-hydrogen) atoms. The number of rotatable bonds is 3. The van der Waals surface area contributed by atoms with Crippen LogP contribution in [0.2, 0.25) is 0 Å². The highest BCUT2D eigenvalue weighted by atomic mass is 16.4. The first-order valence-corrected chi connectivity index (χ1v) is 5.38. The first-order valence-electron chi connectivity index (χ1n) is 5.38. The number of hydrogen-bond donors (Lipinski definition) is 1. The minimum absolute atomic E-state index is 0.876. The summed E-state index contributed by atoms with van der Waals surface area (Å²) in [5, 5.41) is 11.7. The van der Waals surface area contributed by atoms with E-state index in [1.165, 1.54) is 6.21 Å². The van der Waals surface area contributed by atoms with Gasteiger partial charge < -0.3 is 10.1 Å².